The van der Waals surface area contributed by atoms with Crippen LogP contribution >= 0.6 is 35.3 Å². The number of guanidine groups is 1. The molecule has 0 atom stereocenters. The third kappa shape index (κ3) is 7.79. The summed E-state index contributed by atoms with van der Waals surface area (Å²) < 4.78 is 26.9. The first kappa shape index (κ1) is 24.6. The van der Waals surface area contributed by atoms with Gasteiger partial charge in [-0.1, -0.05) is 27.7 Å². The third-order valence-corrected chi connectivity index (χ3v) is 7.16. The summed E-state index contributed by atoms with van der Waals surface area (Å²) in [7, 11) is -1.60. The van der Waals surface area contributed by atoms with Gasteiger partial charge in [-0.05, 0) is 24.5 Å². The Morgan fingerprint density at radius 3 is 2.40 bits per heavy atom. The van der Waals surface area contributed by atoms with Gasteiger partial charge in [0.05, 0.1) is 0 Å². The number of nitrogens with zero attached hydrogens (tertiary/aromatic N) is 2. The molecule has 0 aliphatic rings. The average Bonchev–Trinajstić information content (AvgIpc) is 3.01. The van der Waals surface area contributed by atoms with Crippen molar-refractivity contribution in [3.8, 4) is 0 Å². The number of sulfonamides is 1. The summed E-state index contributed by atoms with van der Waals surface area (Å²) in [5, 5.41) is 6.51. The zero-order valence-corrected chi connectivity index (χ0v) is 19.7. The van der Waals surface area contributed by atoms with Crippen LogP contribution in [0.1, 0.15) is 32.6 Å². The van der Waals surface area contributed by atoms with Gasteiger partial charge >= 0.3 is 0 Å². The maximum Gasteiger partial charge on any atom is 0.252 e. The first-order chi connectivity index (χ1) is 11.3. The molecule has 0 saturated heterocycles. The highest BCUT2D eigenvalue weighted by Gasteiger charge is 2.23. The molecular formula is C16H31IN4O2S2. The van der Waals surface area contributed by atoms with Gasteiger partial charge in [0, 0.05) is 38.1 Å². The quantitative estimate of drug-likeness (QED) is 0.310. The lowest BCUT2D eigenvalue weighted by atomic mass is 10.2. The van der Waals surface area contributed by atoms with Gasteiger partial charge in [0.2, 0.25) is 0 Å². The Morgan fingerprint density at radius 2 is 1.88 bits per heavy atom. The number of aliphatic imine (C=N–C) groups is 1. The van der Waals surface area contributed by atoms with E-state index >= 15 is 0 Å². The summed E-state index contributed by atoms with van der Waals surface area (Å²) in [5.41, 5.74) is 0. The number of nitrogens with one attached hydrogen (secondary N) is 2. The summed E-state index contributed by atoms with van der Waals surface area (Å²) in [6.45, 7) is 10.6. The van der Waals surface area contributed by atoms with Crippen LogP contribution in [0.15, 0.2) is 21.3 Å². The molecule has 1 aromatic rings. The monoisotopic (exact) mass is 502 g/mol. The number of thiophene rings is 1. The Balaban J connectivity index is 0.00000576. The molecule has 0 radical (unpaired) electrons. The zero-order valence-electron chi connectivity index (χ0n) is 15.7. The molecule has 6 nitrogen and oxygen atoms in total. The van der Waals surface area contributed by atoms with E-state index < -0.39 is 10.0 Å². The smallest absolute Gasteiger partial charge is 0.252 e. The highest BCUT2D eigenvalue weighted by molar-refractivity contribution is 14.0. The molecule has 0 aromatic carbocycles. The van der Waals surface area contributed by atoms with Crippen molar-refractivity contribution in [2.45, 2.75) is 38.3 Å². The molecule has 0 amide bonds. The molecule has 25 heavy (non-hydrogen) atoms. The van der Waals surface area contributed by atoms with Crippen LogP contribution in [0.5, 0.6) is 0 Å². The minimum absolute atomic E-state index is 0. The van der Waals surface area contributed by atoms with Crippen molar-refractivity contribution in [3.63, 3.8) is 0 Å². The number of hydrogen-bond acceptors (Lipinski definition) is 4. The lowest BCUT2D eigenvalue weighted by molar-refractivity contribution is 0.447. The van der Waals surface area contributed by atoms with Crippen molar-refractivity contribution >= 4 is 51.3 Å². The van der Waals surface area contributed by atoms with E-state index in [2.05, 4.69) is 29.5 Å². The molecule has 146 valence electrons. The fraction of sp³-hybridized carbons (Fsp3) is 0.688. The molecule has 0 fully saturated rings. The predicted molar refractivity (Wildman–Crippen MR) is 118 cm³/mol. The van der Waals surface area contributed by atoms with Crippen LogP contribution in [0.4, 0.5) is 0 Å². The van der Waals surface area contributed by atoms with Gasteiger partial charge in [0.25, 0.3) is 10.0 Å². The van der Waals surface area contributed by atoms with E-state index in [9.17, 15) is 8.42 Å². The lowest BCUT2D eigenvalue weighted by Crippen LogP contribution is -2.39. The Morgan fingerprint density at radius 1 is 1.24 bits per heavy atom. The van der Waals surface area contributed by atoms with Crippen molar-refractivity contribution in [2.75, 3.05) is 33.2 Å². The minimum atomic E-state index is -3.35. The van der Waals surface area contributed by atoms with E-state index in [1.807, 2.05) is 19.9 Å². The second-order valence-electron chi connectivity index (χ2n) is 5.83. The largest absolute Gasteiger partial charge is 0.356 e. The second-order valence-corrected chi connectivity index (χ2v) is 9.17. The highest BCUT2D eigenvalue weighted by atomic mass is 127. The standard InChI is InChI=1S/C16H30N4O2S2.HI/c1-6-20(7-2)24(21,22)15-9-8-14(23-15)10-11-18-16(17-5)19-12-13(3)4;/h8-9,13H,6-7,10-12H2,1-5H3,(H2,17,18,19);1H. The van der Waals surface area contributed by atoms with Crippen molar-refractivity contribution in [1.29, 1.82) is 0 Å². The van der Waals surface area contributed by atoms with E-state index in [0.29, 0.717) is 29.8 Å². The highest BCUT2D eigenvalue weighted by Crippen LogP contribution is 2.25. The Hall–Kier alpha value is -0.390. The van der Waals surface area contributed by atoms with Crippen LogP contribution in [-0.4, -0.2) is 51.9 Å². The van der Waals surface area contributed by atoms with Crippen molar-refractivity contribution in [2.24, 2.45) is 10.9 Å². The minimum Gasteiger partial charge on any atom is -0.356 e. The SMILES string of the molecule is CCN(CC)S(=O)(=O)c1ccc(CCNC(=NC)NCC(C)C)s1.I. The summed E-state index contributed by atoms with van der Waals surface area (Å²) in [6, 6.07) is 3.60. The van der Waals surface area contributed by atoms with Crippen LogP contribution in [0.25, 0.3) is 0 Å². The number of halogens is 1. The van der Waals surface area contributed by atoms with Crippen molar-refractivity contribution in [3.05, 3.63) is 17.0 Å². The fourth-order valence-corrected chi connectivity index (χ4v) is 5.12. The first-order valence-electron chi connectivity index (χ1n) is 8.38. The van der Waals surface area contributed by atoms with E-state index in [0.717, 1.165) is 23.8 Å². The molecule has 9 heteroatoms. The summed E-state index contributed by atoms with van der Waals surface area (Å²) in [4.78, 5) is 5.22. The number of rotatable bonds is 9. The van der Waals surface area contributed by atoms with Crippen molar-refractivity contribution in [1.82, 2.24) is 14.9 Å². The van der Waals surface area contributed by atoms with Gasteiger partial charge < -0.3 is 10.6 Å². The van der Waals surface area contributed by atoms with Crippen molar-refractivity contribution < 1.29 is 8.42 Å². The van der Waals surface area contributed by atoms with E-state index in [1.54, 1.807) is 13.1 Å². The van der Waals surface area contributed by atoms with Gasteiger partial charge in [-0.25, -0.2) is 8.42 Å². The summed E-state index contributed by atoms with van der Waals surface area (Å²) >= 11 is 1.35. The maximum atomic E-state index is 12.5. The molecule has 2 N–H and O–H groups in total. The molecule has 0 saturated carbocycles. The van der Waals surface area contributed by atoms with Gasteiger partial charge in [0.1, 0.15) is 4.21 Å². The van der Waals surface area contributed by atoms with Crippen LogP contribution in [0.3, 0.4) is 0 Å². The molecule has 0 aliphatic heterocycles. The number of hydrogen-bond donors (Lipinski definition) is 2. The Kier molecular flexibility index (Phi) is 11.9. The third-order valence-electron chi connectivity index (χ3n) is 3.50. The summed E-state index contributed by atoms with van der Waals surface area (Å²) in [6.07, 6.45) is 0.765. The average molecular weight is 502 g/mol. The molecule has 0 unspecified atom stereocenters. The fourth-order valence-electron chi connectivity index (χ4n) is 2.15. The molecule has 1 heterocycles. The van der Waals surface area contributed by atoms with Gasteiger partial charge in [0.15, 0.2) is 5.96 Å². The van der Waals surface area contributed by atoms with E-state index in [1.165, 1.54) is 15.6 Å². The zero-order chi connectivity index (χ0) is 18.2. The normalized spacial score (nSPS) is 12.4. The van der Waals surface area contributed by atoms with Crippen LogP contribution in [0, 0.1) is 5.92 Å². The topological polar surface area (TPSA) is 73.8 Å². The van der Waals surface area contributed by atoms with Gasteiger partial charge in [-0.15, -0.1) is 35.3 Å². The Bertz CT molecular complexity index is 626. The van der Waals surface area contributed by atoms with Gasteiger partial charge in [-0.3, -0.25) is 4.99 Å². The predicted octanol–water partition coefficient (Wildman–Crippen LogP) is 2.76. The van der Waals surface area contributed by atoms with Crippen LogP contribution < -0.4 is 10.6 Å². The molecule has 1 aromatic heterocycles. The Labute approximate surface area is 173 Å². The van der Waals surface area contributed by atoms with Gasteiger partial charge in [-0.2, -0.15) is 4.31 Å². The summed E-state index contributed by atoms with van der Waals surface area (Å²) in [5.74, 6) is 1.32. The molecule has 0 bridgehead atoms. The van der Waals surface area contributed by atoms with E-state index in [-0.39, 0.29) is 24.0 Å². The van der Waals surface area contributed by atoms with Crippen LogP contribution in [0.2, 0.25) is 0 Å². The molecule has 0 aliphatic carbocycles. The van der Waals surface area contributed by atoms with Crippen LogP contribution in [-0.2, 0) is 16.4 Å². The maximum absolute atomic E-state index is 12.5. The second kappa shape index (κ2) is 12.1. The lowest BCUT2D eigenvalue weighted by Gasteiger charge is -2.16. The molecule has 1 rings (SSSR count). The van der Waals surface area contributed by atoms with E-state index in [4.69, 9.17) is 0 Å². The molecular weight excluding hydrogens is 471 g/mol. The first-order valence-corrected chi connectivity index (χ1v) is 10.6. The molecule has 0 spiro atoms.